The minimum absolute atomic E-state index is 0.280. The van der Waals surface area contributed by atoms with Crippen molar-refractivity contribution in [2.75, 3.05) is 31.1 Å². The van der Waals surface area contributed by atoms with Crippen molar-refractivity contribution in [2.24, 2.45) is 0 Å². The van der Waals surface area contributed by atoms with E-state index >= 15 is 0 Å². The second-order valence-corrected chi connectivity index (χ2v) is 5.73. The highest BCUT2D eigenvalue weighted by Gasteiger charge is 2.17. The van der Waals surface area contributed by atoms with Gasteiger partial charge in [0.25, 0.3) is 0 Å². The third-order valence-corrected chi connectivity index (χ3v) is 4.11. The number of nitrogens with one attached hydrogen (secondary N) is 1. The second kappa shape index (κ2) is 7.65. The molecule has 0 saturated carbocycles. The predicted octanol–water partition coefficient (Wildman–Crippen LogP) is 2.88. The molecule has 1 unspecified atom stereocenters. The summed E-state index contributed by atoms with van der Waals surface area (Å²) in [5, 5.41) is 12.6. The van der Waals surface area contributed by atoms with Gasteiger partial charge in [0, 0.05) is 31.4 Å². The molecule has 0 aromatic heterocycles. The van der Waals surface area contributed by atoms with Crippen LogP contribution in [0, 0.1) is 0 Å². The number of nitrogens with zero attached hydrogens (tertiary/aromatic N) is 1. The third kappa shape index (κ3) is 3.74. The van der Waals surface area contributed by atoms with Crippen LogP contribution in [0.25, 0.3) is 0 Å². The highest BCUT2D eigenvalue weighted by molar-refractivity contribution is 5.57. The van der Waals surface area contributed by atoms with Gasteiger partial charge in [0.1, 0.15) is 0 Å². The van der Waals surface area contributed by atoms with Crippen LogP contribution in [0.5, 0.6) is 0 Å². The Kier molecular flexibility index (Phi) is 5.86. The lowest BCUT2D eigenvalue weighted by atomic mass is 9.96. The molecule has 0 bridgehead atoms. The lowest BCUT2D eigenvalue weighted by Gasteiger charge is -2.32. The van der Waals surface area contributed by atoms with E-state index in [1.54, 1.807) is 0 Å². The summed E-state index contributed by atoms with van der Waals surface area (Å²) in [5.41, 5.74) is 4.23. The van der Waals surface area contributed by atoms with Gasteiger partial charge in [-0.15, -0.1) is 0 Å². The van der Waals surface area contributed by atoms with Crippen LogP contribution in [0.2, 0.25) is 0 Å². The maximum atomic E-state index is 9.01. The molecular formula is C17H28N2O. The van der Waals surface area contributed by atoms with Gasteiger partial charge in [0.05, 0.1) is 0 Å². The number of rotatable bonds is 7. The van der Waals surface area contributed by atoms with Crippen molar-refractivity contribution in [3.05, 3.63) is 29.3 Å². The smallest absolute Gasteiger partial charge is 0.0447 e. The van der Waals surface area contributed by atoms with E-state index in [1.165, 1.54) is 36.1 Å². The molecule has 20 heavy (non-hydrogen) atoms. The minimum atomic E-state index is 0.280. The first-order valence-electron chi connectivity index (χ1n) is 7.98. The molecule has 0 amide bonds. The summed E-state index contributed by atoms with van der Waals surface area (Å²) in [6, 6.07) is 7.32. The molecule has 1 aliphatic rings. The molecule has 1 atom stereocenters. The first-order valence-corrected chi connectivity index (χ1v) is 7.98. The van der Waals surface area contributed by atoms with Crippen molar-refractivity contribution < 1.29 is 5.11 Å². The van der Waals surface area contributed by atoms with Gasteiger partial charge in [-0.1, -0.05) is 19.1 Å². The van der Waals surface area contributed by atoms with Crippen LogP contribution in [0.3, 0.4) is 0 Å². The van der Waals surface area contributed by atoms with E-state index in [9.17, 15) is 0 Å². The number of benzene rings is 1. The van der Waals surface area contributed by atoms with E-state index in [2.05, 4.69) is 42.3 Å². The maximum absolute atomic E-state index is 9.01. The van der Waals surface area contributed by atoms with Crippen LogP contribution in [0.4, 0.5) is 5.69 Å². The van der Waals surface area contributed by atoms with Crippen molar-refractivity contribution in [3.8, 4) is 0 Å². The molecule has 0 spiro atoms. The van der Waals surface area contributed by atoms with Gasteiger partial charge in [-0.3, -0.25) is 0 Å². The summed E-state index contributed by atoms with van der Waals surface area (Å²) in [4.78, 5) is 2.42. The quantitative estimate of drug-likeness (QED) is 0.804. The molecule has 1 aliphatic heterocycles. The van der Waals surface area contributed by atoms with E-state index in [4.69, 9.17) is 5.11 Å². The molecule has 3 heteroatoms. The summed E-state index contributed by atoms with van der Waals surface area (Å²) in [6.45, 7) is 7.88. The van der Waals surface area contributed by atoms with Crippen molar-refractivity contribution in [1.82, 2.24) is 5.32 Å². The third-order valence-electron chi connectivity index (χ3n) is 4.11. The Labute approximate surface area is 123 Å². The van der Waals surface area contributed by atoms with Crippen LogP contribution < -0.4 is 10.2 Å². The highest BCUT2D eigenvalue weighted by Crippen LogP contribution is 2.29. The Morgan fingerprint density at radius 1 is 1.40 bits per heavy atom. The summed E-state index contributed by atoms with van der Waals surface area (Å²) < 4.78 is 0. The van der Waals surface area contributed by atoms with E-state index in [1.807, 2.05) is 0 Å². The van der Waals surface area contributed by atoms with Crippen molar-refractivity contribution in [3.63, 3.8) is 0 Å². The number of anilines is 1. The van der Waals surface area contributed by atoms with Crippen LogP contribution in [-0.4, -0.2) is 31.3 Å². The first-order chi connectivity index (χ1) is 9.76. The number of hydrogen-bond acceptors (Lipinski definition) is 3. The van der Waals surface area contributed by atoms with Crippen LogP contribution >= 0.6 is 0 Å². The van der Waals surface area contributed by atoms with E-state index in [0.717, 1.165) is 26.1 Å². The van der Waals surface area contributed by atoms with Gasteiger partial charge in [-0.2, -0.15) is 0 Å². The summed E-state index contributed by atoms with van der Waals surface area (Å²) in [7, 11) is 0. The number of aliphatic hydroxyl groups excluding tert-OH is 1. The van der Waals surface area contributed by atoms with Crippen molar-refractivity contribution >= 4 is 5.69 Å². The fourth-order valence-corrected chi connectivity index (χ4v) is 2.94. The van der Waals surface area contributed by atoms with Gasteiger partial charge >= 0.3 is 0 Å². The van der Waals surface area contributed by atoms with E-state index in [-0.39, 0.29) is 6.61 Å². The number of aryl methyl sites for hydroxylation is 1. The molecule has 1 heterocycles. The summed E-state index contributed by atoms with van der Waals surface area (Å²) >= 11 is 0. The zero-order chi connectivity index (χ0) is 14.4. The number of fused-ring (bicyclic) bond motifs is 1. The Balaban J connectivity index is 2.10. The van der Waals surface area contributed by atoms with Gasteiger partial charge in [-0.25, -0.2) is 0 Å². The summed E-state index contributed by atoms with van der Waals surface area (Å²) in [5.74, 6) is 0. The Morgan fingerprint density at radius 3 is 3.00 bits per heavy atom. The molecule has 0 radical (unpaired) electrons. The van der Waals surface area contributed by atoms with Gasteiger partial charge < -0.3 is 15.3 Å². The largest absolute Gasteiger partial charge is 0.396 e. The predicted molar refractivity (Wildman–Crippen MR) is 85.4 cm³/mol. The standard InChI is InChI=1S/C17H28N2O/c1-3-9-18-14(2)15-7-8-17-16(13-15)6-4-10-19(17)11-5-12-20/h7-8,13-14,18,20H,3-6,9-12H2,1-2H3. The first kappa shape index (κ1) is 15.3. The maximum Gasteiger partial charge on any atom is 0.0447 e. The minimum Gasteiger partial charge on any atom is -0.396 e. The SMILES string of the molecule is CCCNC(C)c1ccc2c(c1)CCCN2CCCO. The van der Waals surface area contributed by atoms with Crippen molar-refractivity contribution in [1.29, 1.82) is 0 Å². The lowest BCUT2D eigenvalue weighted by Crippen LogP contribution is -2.31. The Bertz CT molecular complexity index is 419. The fourth-order valence-electron chi connectivity index (χ4n) is 2.94. The Morgan fingerprint density at radius 2 is 2.25 bits per heavy atom. The molecular weight excluding hydrogens is 248 g/mol. The van der Waals surface area contributed by atoms with Gasteiger partial charge in [0.2, 0.25) is 0 Å². The van der Waals surface area contributed by atoms with Crippen LogP contribution in [0.1, 0.15) is 50.3 Å². The molecule has 2 N–H and O–H groups in total. The molecule has 0 fully saturated rings. The van der Waals surface area contributed by atoms with E-state index in [0.29, 0.717) is 6.04 Å². The molecule has 0 aliphatic carbocycles. The highest BCUT2D eigenvalue weighted by atomic mass is 16.3. The molecule has 0 saturated heterocycles. The number of hydrogen-bond donors (Lipinski definition) is 2. The molecule has 1 aromatic carbocycles. The van der Waals surface area contributed by atoms with Gasteiger partial charge in [0.15, 0.2) is 0 Å². The average molecular weight is 276 g/mol. The monoisotopic (exact) mass is 276 g/mol. The van der Waals surface area contributed by atoms with Crippen molar-refractivity contribution in [2.45, 2.75) is 45.6 Å². The molecule has 2 rings (SSSR count). The second-order valence-electron chi connectivity index (χ2n) is 5.73. The number of aliphatic hydroxyl groups is 1. The Hall–Kier alpha value is -1.06. The topological polar surface area (TPSA) is 35.5 Å². The zero-order valence-electron chi connectivity index (χ0n) is 12.9. The van der Waals surface area contributed by atoms with Gasteiger partial charge in [-0.05, 0) is 56.3 Å². The van der Waals surface area contributed by atoms with Crippen LogP contribution in [0.15, 0.2) is 18.2 Å². The molecule has 3 nitrogen and oxygen atoms in total. The molecule has 1 aromatic rings. The fraction of sp³-hybridized carbons (Fsp3) is 0.647. The normalized spacial score (nSPS) is 16.1. The lowest BCUT2D eigenvalue weighted by molar-refractivity contribution is 0.289. The summed E-state index contributed by atoms with van der Waals surface area (Å²) in [6.07, 6.45) is 4.43. The zero-order valence-corrected chi connectivity index (χ0v) is 12.9. The average Bonchev–Trinajstić information content (AvgIpc) is 2.49. The van der Waals surface area contributed by atoms with E-state index < -0.39 is 0 Å². The van der Waals surface area contributed by atoms with Crippen LogP contribution in [-0.2, 0) is 6.42 Å². The molecule has 112 valence electrons.